The molecule has 0 N–H and O–H groups in total. The Hall–Kier alpha value is -2.47. The van der Waals surface area contributed by atoms with E-state index in [0.29, 0.717) is 13.0 Å². The molecule has 2 aromatic carbocycles. The Bertz CT molecular complexity index is 809. The molecule has 2 aliphatic rings. The van der Waals surface area contributed by atoms with Gasteiger partial charge in [-0.25, -0.2) is 9.59 Å². The van der Waals surface area contributed by atoms with Crippen LogP contribution in [0, 0.1) is 0 Å². The first-order chi connectivity index (χ1) is 12.7. The number of ether oxygens (including phenoxy) is 1. The van der Waals surface area contributed by atoms with Crippen molar-refractivity contribution in [3.63, 3.8) is 0 Å². The van der Waals surface area contributed by atoms with E-state index in [0.717, 1.165) is 34.0 Å². The van der Waals surface area contributed by atoms with Gasteiger partial charge >= 0.3 is 12.0 Å². The first-order valence-corrected chi connectivity index (χ1v) is 9.57. The molecule has 5 nitrogen and oxygen atoms in total. The van der Waals surface area contributed by atoms with Crippen LogP contribution in [0.25, 0.3) is 0 Å². The van der Waals surface area contributed by atoms with Gasteiger partial charge in [-0.3, -0.25) is 4.90 Å². The lowest BCUT2D eigenvalue weighted by atomic mass is 10.0. The van der Waals surface area contributed by atoms with Gasteiger partial charge in [0.15, 0.2) is 0 Å². The monoisotopic (exact) mass is 368 g/mol. The van der Waals surface area contributed by atoms with Crippen LogP contribution in [-0.4, -0.2) is 36.6 Å². The van der Waals surface area contributed by atoms with Crippen molar-refractivity contribution in [3.05, 3.63) is 48.5 Å². The molecule has 134 valence electrons. The molecule has 6 heteroatoms. The van der Waals surface area contributed by atoms with Crippen molar-refractivity contribution in [2.75, 3.05) is 18.6 Å². The number of benzene rings is 2. The summed E-state index contributed by atoms with van der Waals surface area (Å²) in [5.74, 6) is -0.342. The maximum absolute atomic E-state index is 13.5. The number of fused-ring (bicyclic) bond motifs is 2. The predicted octanol–water partition coefficient (Wildman–Crippen LogP) is 4.44. The molecule has 0 radical (unpaired) electrons. The highest BCUT2D eigenvalue weighted by atomic mass is 32.2. The number of urea groups is 1. The van der Waals surface area contributed by atoms with Gasteiger partial charge in [-0.2, -0.15) is 0 Å². The summed E-state index contributed by atoms with van der Waals surface area (Å²) < 4.78 is 4.94. The van der Waals surface area contributed by atoms with Crippen molar-refractivity contribution < 1.29 is 14.3 Å². The molecule has 4 rings (SSSR count). The molecule has 0 bridgehead atoms. The van der Waals surface area contributed by atoms with Gasteiger partial charge in [0.25, 0.3) is 0 Å². The number of hydrogen-bond acceptors (Lipinski definition) is 4. The zero-order chi connectivity index (χ0) is 18.1. The van der Waals surface area contributed by atoms with Gasteiger partial charge in [0.2, 0.25) is 0 Å². The molecule has 2 amide bonds. The number of para-hydroxylation sites is 2. The SMILES string of the molecule is COC(=O)[C@@H]1CCCCN1C(=O)N1c2ccccc2Sc2ccccc21. The van der Waals surface area contributed by atoms with E-state index >= 15 is 0 Å². The second-order valence-electron chi connectivity index (χ2n) is 6.38. The van der Waals surface area contributed by atoms with Crippen LogP contribution in [0.1, 0.15) is 19.3 Å². The molecule has 1 saturated heterocycles. The minimum absolute atomic E-state index is 0.166. The number of rotatable bonds is 1. The van der Waals surface area contributed by atoms with Crippen molar-refractivity contribution in [3.8, 4) is 0 Å². The lowest BCUT2D eigenvalue weighted by molar-refractivity contribution is -0.146. The summed E-state index contributed by atoms with van der Waals surface area (Å²) in [4.78, 5) is 31.2. The number of carbonyl (C=O) groups excluding carboxylic acids is 2. The molecule has 2 aliphatic heterocycles. The van der Waals surface area contributed by atoms with Gasteiger partial charge in [-0.15, -0.1) is 0 Å². The Morgan fingerprint density at radius 2 is 1.62 bits per heavy atom. The van der Waals surface area contributed by atoms with Gasteiger partial charge in [0.05, 0.1) is 18.5 Å². The number of nitrogens with zero attached hydrogens (tertiary/aromatic N) is 2. The highest BCUT2D eigenvalue weighted by Crippen LogP contribution is 2.48. The van der Waals surface area contributed by atoms with E-state index in [1.54, 1.807) is 21.6 Å². The predicted molar refractivity (Wildman–Crippen MR) is 101 cm³/mol. The lowest BCUT2D eigenvalue weighted by Crippen LogP contribution is -2.52. The molecule has 0 aliphatic carbocycles. The van der Waals surface area contributed by atoms with Crippen LogP contribution in [0.3, 0.4) is 0 Å². The molecule has 0 unspecified atom stereocenters. The average Bonchev–Trinajstić information content (AvgIpc) is 2.70. The van der Waals surface area contributed by atoms with Crippen LogP contribution in [-0.2, 0) is 9.53 Å². The smallest absolute Gasteiger partial charge is 0.329 e. The topological polar surface area (TPSA) is 49.9 Å². The van der Waals surface area contributed by atoms with E-state index in [4.69, 9.17) is 4.74 Å². The first kappa shape index (κ1) is 17.0. The van der Waals surface area contributed by atoms with Crippen LogP contribution >= 0.6 is 11.8 Å². The third-order valence-corrected chi connectivity index (χ3v) is 5.98. The number of anilines is 2. The zero-order valence-corrected chi connectivity index (χ0v) is 15.4. The minimum Gasteiger partial charge on any atom is -0.467 e. The Morgan fingerprint density at radius 1 is 1.00 bits per heavy atom. The van der Waals surface area contributed by atoms with Gasteiger partial charge in [-0.1, -0.05) is 36.0 Å². The first-order valence-electron chi connectivity index (χ1n) is 8.75. The fraction of sp³-hybridized carbons (Fsp3) is 0.300. The summed E-state index contributed by atoms with van der Waals surface area (Å²) in [5, 5.41) is 0. The third-order valence-electron chi connectivity index (χ3n) is 4.85. The lowest BCUT2D eigenvalue weighted by Gasteiger charge is -2.39. The number of methoxy groups -OCH3 is 1. The maximum Gasteiger partial charge on any atom is 0.329 e. The molecular weight excluding hydrogens is 348 g/mol. The highest BCUT2D eigenvalue weighted by Gasteiger charge is 2.38. The largest absolute Gasteiger partial charge is 0.467 e. The molecule has 26 heavy (non-hydrogen) atoms. The van der Waals surface area contributed by atoms with Crippen LogP contribution in [0.2, 0.25) is 0 Å². The van der Waals surface area contributed by atoms with Gasteiger partial charge in [-0.05, 0) is 43.5 Å². The molecule has 1 atom stereocenters. The molecular formula is C20H20N2O3S. The van der Waals surface area contributed by atoms with Crippen molar-refractivity contribution in [2.24, 2.45) is 0 Å². The number of carbonyl (C=O) groups is 2. The Kier molecular flexibility index (Phi) is 4.59. The van der Waals surface area contributed by atoms with Crippen molar-refractivity contribution in [1.82, 2.24) is 4.90 Å². The second-order valence-corrected chi connectivity index (χ2v) is 7.47. The van der Waals surface area contributed by atoms with Crippen LogP contribution in [0.15, 0.2) is 58.3 Å². The Balaban J connectivity index is 1.77. The van der Waals surface area contributed by atoms with E-state index in [1.165, 1.54) is 7.11 Å². The van der Waals surface area contributed by atoms with E-state index < -0.39 is 6.04 Å². The van der Waals surface area contributed by atoms with E-state index in [9.17, 15) is 9.59 Å². The van der Waals surface area contributed by atoms with Crippen molar-refractivity contribution in [1.29, 1.82) is 0 Å². The fourth-order valence-corrected chi connectivity index (χ4v) is 4.64. The summed E-state index contributed by atoms with van der Waals surface area (Å²) in [6.07, 6.45) is 2.46. The number of amides is 2. The summed E-state index contributed by atoms with van der Waals surface area (Å²) in [5.41, 5.74) is 1.71. The Labute approximate surface area is 156 Å². The molecule has 0 saturated carbocycles. The summed E-state index contributed by atoms with van der Waals surface area (Å²) in [6, 6.07) is 15.1. The molecule has 1 fully saturated rings. The fourth-order valence-electron chi connectivity index (χ4n) is 3.58. The molecule has 2 heterocycles. The van der Waals surface area contributed by atoms with Crippen LogP contribution < -0.4 is 4.90 Å². The summed E-state index contributed by atoms with van der Waals surface area (Å²) in [7, 11) is 1.38. The zero-order valence-electron chi connectivity index (χ0n) is 14.6. The summed E-state index contributed by atoms with van der Waals surface area (Å²) in [6.45, 7) is 0.562. The molecule has 0 spiro atoms. The van der Waals surface area contributed by atoms with Crippen molar-refractivity contribution in [2.45, 2.75) is 35.1 Å². The van der Waals surface area contributed by atoms with Crippen molar-refractivity contribution >= 4 is 35.1 Å². The van der Waals surface area contributed by atoms with Crippen LogP contribution in [0.5, 0.6) is 0 Å². The standard InChI is InChI=1S/C20H20N2O3S/c1-25-19(23)16-10-6-7-13-21(16)20(24)22-14-8-2-4-11-17(14)26-18-12-5-3-9-15(18)22/h2-5,8-9,11-12,16H,6-7,10,13H2,1H3/t16-/m0/s1. The number of hydrogen-bond donors (Lipinski definition) is 0. The van der Waals surface area contributed by atoms with E-state index in [1.807, 2.05) is 48.5 Å². The number of likely N-dealkylation sites (tertiary alicyclic amines) is 1. The van der Waals surface area contributed by atoms with Gasteiger partial charge < -0.3 is 9.64 Å². The van der Waals surface area contributed by atoms with E-state index in [2.05, 4.69) is 0 Å². The number of esters is 1. The Morgan fingerprint density at radius 3 is 2.23 bits per heavy atom. The van der Waals surface area contributed by atoms with Gasteiger partial charge in [0.1, 0.15) is 6.04 Å². The molecule has 2 aromatic rings. The van der Waals surface area contributed by atoms with E-state index in [-0.39, 0.29) is 12.0 Å². The highest BCUT2D eigenvalue weighted by molar-refractivity contribution is 7.99. The quantitative estimate of drug-likeness (QED) is 0.699. The van der Waals surface area contributed by atoms with Crippen LogP contribution in [0.4, 0.5) is 16.2 Å². The summed E-state index contributed by atoms with van der Waals surface area (Å²) >= 11 is 1.66. The minimum atomic E-state index is -0.518. The normalized spacial score (nSPS) is 18.7. The van der Waals surface area contributed by atoms with Gasteiger partial charge in [0, 0.05) is 16.3 Å². The molecule has 0 aromatic heterocycles. The number of piperidine rings is 1. The third kappa shape index (κ3) is 2.84. The average molecular weight is 368 g/mol. The maximum atomic E-state index is 13.5. The second kappa shape index (κ2) is 7.03.